The van der Waals surface area contributed by atoms with Crippen LogP contribution in [0.25, 0.3) is 11.1 Å². The fourth-order valence-electron chi connectivity index (χ4n) is 3.11. The quantitative estimate of drug-likeness (QED) is 0.564. The summed E-state index contributed by atoms with van der Waals surface area (Å²) in [5.74, 6) is 0.563. The van der Waals surface area contributed by atoms with E-state index in [1.165, 1.54) is 32.5 Å². The van der Waals surface area contributed by atoms with Crippen LogP contribution in [0.5, 0.6) is 17.2 Å². The Morgan fingerprint density at radius 3 is 2.41 bits per heavy atom. The summed E-state index contributed by atoms with van der Waals surface area (Å²) in [4.78, 5) is 13.0. The number of rotatable bonds is 5. The number of hydrogen-bond donors (Lipinski definition) is 4. The third-order valence-corrected chi connectivity index (χ3v) is 4.56. The molecule has 0 aliphatic carbocycles. The first-order chi connectivity index (χ1) is 12.9. The zero-order valence-electron chi connectivity index (χ0n) is 14.8. The van der Waals surface area contributed by atoms with Gasteiger partial charge in [0.2, 0.25) is 0 Å². The lowest BCUT2D eigenvalue weighted by Crippen LogP contribution is -2.35. The van der Waals surface area contributed by atoms with Gasteiger partial charge in [0, 0.05) is 6.20 Å². The van der Waals surface area contributed by atoms with E-state index < -0.39 is 36.7 Å². The van der Waals surface area contributed by atoms with Gasteiger partial charge in [-0.15, -0.1) is 0 Å². The van der Waals surface area contributed by atoms with E-state index in [-0.39, 0.29) is 11.3 Å². The Morgan fingerprint density at radius 1 is 1.11 bits per heavy atom. The maximum absolute atomic E-state index is 13.0. The van der Waals surface area contributed by atoms with Gasteiger partial charge in [0.1, 0.15) is 24.1 Å². The fraction of sp³-hybridized carbons (Fsp3) is 0.389. The SMILES string of the molecule is COc1ccc(-c2c(O)ccn([C@@H]3O[C@H](CO)C(O)C3O)c2=O)cc1OC. The fourth-order valence-corrected chi connectivity index (χ4v) is 3.11. The minimum absolute atomic E-state index is 0.0313. The van der Waals surface area contributed by atoms with Gasteiger partial charge in [-0.3, -0.25) is 9.36 Å². The van der Waals surface area contributed by atoms with Gasteiger partial charge >= 0.3 is 0 Å². The number of aromatic hydroxyl groups is 1. The molecule has 0 amide bonds. The maximum Gasteiger partial charge on any atom is 0.264 e. The summed E-state index contributed by atoms with van der Waals surface area (Å²) in [6.45, 7) is -0.510. The van der Waals surface area contributed by atoms with Crippen LogP contribution in [0.4, 0.5) is 0 Å². The number of aromatic nitrogens is 1. The van der Waals surface area contributed by atoms with Crippen LogP contribution in [0.2, 0.25) is 0 Å². The summed E-state index contributed by atoms with van der Waals surface area (Å²) >= 11 is 0. The molecular formula is C18H21NO8. The summed E-state index contributed by atoms with van der Waals surface area (Å²) in [7, 11) is 2.93. The van der Waals surface area contributed by atoms with E-state index in [4.69, 9.17) is 14.2 Å². The molecule has 4 atom stereocenters. The first-order valence-corrected chi connectivity index (χ1v) is 8.21. The van der Waals surface area contributed by atoms with Crippen molar-refractivity contribution in [2.75, 3.05) is 20.8 Å². The maximum atomic E-state index is 13.0. The van der Waals surface area contributed by atoms with E-state index in [1.807, 2.05) is 0 Å². The molecule has 2 heterocycles. The van der Waals surface area contributed by atoms with Gasteiger partial charge in [0.15, 0.2) is 17.7 Å². The van der Waals surface area contributed by atoms with Gasteiger partial charge in [-0.25, -0.2) is 0 Å². The van der Waals surface area contributed by atoms with Crippen molar-refractivity contribution < 1.29 is 34.6 Å². The van der Waals surface area contributed by atoms with E-state index >= 15 is 0 Å². The molecule has 2 aromatic rings. The number of aliphatic hydroxyl groups is 3. The summed E-state index contributed by atoms with van der Waals surface area (Å²) in [6.07, 6.45) is -3.73. The Morgan fingerprint density at radius 2 is 1.81 bits per heavy atom. The lowest BCUT2D eigenvalue weighted by molar-refractivity contribution is -0.0543. The number of nitrogens with zero attached hydrogens (tertiary/aromatic N) is 1. The van der Waals surface area contributed by atoms with Crippen molar-refractivity contribution in [2.45, 2.75) is 24.5 Å². The average Bonchev–Trinajstić information content (AvgIpc) is 2.96. The number of aliphatic hydroxyl groups excluding tert-OH is 3. The average molecular weight is 379 g/mol. The summed E-state index contributed by atoms with van der Waals surface area (Å²) in [5.41, 5.74) is -0.301. The van der Waals surface area contributed by atoms with Crippen LogP contribution in [0, 0.1) is 0 Å². The zero-order valence-corrected chi connectivity index (χ0v) is 14.8. The molecular weight excluding hydrogens is 358 g/mol. The predicted octanol–water partition coefficient (Wildman–Crippen LogP) is -0.150. The molecule has 3 rings (SSSR count). The van der Waals surface area contributed by atoms with Gasteiger partial charge in [-0.2, -0.15) is 0 Å². The molecule has 0 radical (unpaired) electrons. The Balaban J connectivity index is 2.09. The summed E-state index contributed by atoms with van der Waals surface area (Å²) < 4.78 is 16.9. The van der Waals surface area contributed by atoms with E-state index in [2.05, 4.69) is 0 Å². The van der Waals surface area contributed by atoms with Gasteiger partial charge in [-0.05, 0) is 23.8 Å². The number of methoxy groups -OCH3 is 2. The Bertz CT molecular complexity index is 880. The normalized spacial score (nSPS) is 24.8. The van der Waals surface area contributed by atoms with Crippen molar-refractivity contribution in [3.63, 3.8) is 0 Å². The van der Waals surface area contributed by atoms with Gasteiger partial charge < -0.3 is 34.6 Å². The van der Waals surface area contributed by atoms with Crippen LogP contribution in [-0.4, -0.2) is 64.1 Å². The molecule has 1 aliphatic rings. The molecule has 1 aromatic carbocycles. The van der Waals surface area contributed by atoms with Crippen molar-refractivity contribution in [3.8, 4) is 28.4 Å². The standard InChI is InChI=1S/C18H21NO8/c1-25-11-4-3-9(7-12(11)26-2)14-10(21)5-6-19(17(14)24)18-16(23)15(22)13(8-20)27-18/h3-7,13,15-16,18,20-23H,8H2,1-2H3/t13-,15?,16?,18-/m1/s1. The van der Waals surface area contributed by atoms with Crippen LogP contribution in [0.3, 0.4) is 0 Å². The number of hydrogen-bond acceptors (Lipinski definition) is 8. The lowest BCUT2D eigenvalue weighted by atomic mass is 10.1. The molecule has 1 aliphatic heterocycles. The number of benzene rings is 1. The highest BCUT2D eigenvalue weighted by atomic mass is 16.6. The van der Waals surface area contributed by atoms with E-state index in [9.17, 15) is 25.2 Å². The minimum Gasteiger partial charge on any atom is -0.507 e. The molecule has 1 aromatic heterocycles. The molecule has 1 saturated heterocycles. The van der Waals surface area contributed by atoms with Crippen LogP contribution < -0.4 is 15.0 Å². The zero-order chi connectivity index (χ0) is 19.7. The highest BCUT2D eigenvalue weighted by Gasteiger charge is 2.43. The van der Waals surface area contributed by atoms with Crippen LogP contribution in [-0.2, 0) is 4.74 Å². The molecule has 1 fully saturated rings. The minimum atomic E-state index is -1.41. The third kappa shape index (κ3) is 3.26. The molecule has 0 saturated carbocycles. The van der Waals surface area contributed by atoms with Gasteiger partial charge in [-0.1, -0.05) is 6.07 Å². The van der Waals surface area contributed by atoms with E-state index in [0.717, 1.165) is 4.57 Å². The molecule has 2 unspecified atom stereocenters. The Labute approximate surface area is 154 Å². The first-order valence-electron chi connectivity index (χ1n) is 8.21. The summed E-state index contributed by atoms with van der Waals surface area (Å²) in [5, 5.41) is 39.6. The number of ether oxygens (including phenoxy) is 3. The highest BCUT2D eigenvalue weighted by Crippen LogP contribution is 2.35. The molecule has 0 bridgehead atoms. The Hall–Kier alpha value is -2.59. The van der Waals surface area contributed by atoms with Crippen molar-refractivity contribution >= 4 is 0 Å². The molecule has 4 N–H and O–H groups in total. The van der Waals surface area contributed by atoms with Gasteiger partial charge in [0.05, 0.1) is 26.4 Å². The van der Waals surface area contributed by atoms with Crippen molar-refractivity contribution in [1.82, 2.24) is 4.57 Å². The number of pyridine rings is 1. The molecule has 9 nitrogen and oxygen atoms in total. The molecule has 0 spiro atoms. The predicted molar refractivity (Wildman–Crippen MR) is 93.9 cm³/mol. The summed E-state index contributed by atoms with van der Waals surface area (Å²) in [6, 6.07) is 6.00. The van der Waals surface area contributed by atoms with Crippen molar-refractivity contribution in [3.05, 3.63) is 40.8 Å². The topological polar surface area (TPSA) is 131 Å². The third-order valence-electron chi connectivity index (χ3n) is 4.56. The molecule has 146 valence electrons. The van der Waals surface area contributed by atoms with Crippen LogP contribution >= 0.6 is 0 Å². The van der Waals surface area contributed by atoms with Crippen molar-refractivity contribution in [2.24, 2.45) is 0 Å². The van der Waals surface area contributed by atoms with Crippen LogP contribution in [0.1, 0.15) is 6.23 Å². The Kier molecular flexibility index (Phi) is 5.38. The smallest absolute Gasteiger partial charge is 0.264 e. The molecule has 9 heteroatoms. The monoisotopic (exact) mass is 379 g/mol. The van der Waals surface area contributed by atoms with E-state index in [1.54, 1.807) is 12.1 Å². The second kappa shape index (κ2) is 7.57. The lowest BCUT2D eigenvalue weighted by Gasteiger charge is -2.19. The largest absolute Gasteiger partial charge is 0.507 e. The van der Waals surface area contributed by atoms with E-state index in [0.29, 0.717) is 17.1 Å². The molecule has 27 heavy (non-hydrogen) atoms. The van der Waals surface area contributed by atoms with Gasteiger partial charge in [0.25, 0.3) is 5.56 Å². The second-order valence-electron chi connectivity index (χ2n) is 6.09. The van der Waals surface area contributed by atoms with Crippen LogP contribution in [0.15, 0.2) is 35.3 Å². The first kappa shape index (κ1) is 19.2. The highest BCUT2D eigenvalue weighted by molar-refractivity contribution is 5.71. The van der Waals surface area contributed by atoms with Crippen molar-refractivity contribution in [1.29, 1.82) is 0 Å². The second-order valence-corrected chi connectivity index (χ2v) is 6.09.